The number of methoxy groups -OCH3 is 1. The fourth-order valence-corrected chi connectivity index (χ4v) is 1.55. The lowest BCUT2D eigenvalue weighted by molar-refractivity contribution is 0.244. The zero-order chi connectivity index (χ0) is 13.2. The van der Waals surface area contributed by atoms with E-state index in [1.165, 1.54) is 6.26 Å². The molecule has 18 heavy (non-hydrogen) atoms. The van der Waals surface area contributed by atoms with Crippen LogP contribution in [-0.2, 0) is 11.3 Å². The summed E-state index contributed by atoms with van der Waals surface area (Å²) in [6.07, 6.45) is 2.37. The van der Waals surface area contributed by atoms with Gasteiger partial charge in [-0.1, -0.05) is 12.6 Å². The molecule has 4 nitrogen and oxygen atoms in total. The van der Waals surface area contributed by atoms with Crippen LogP contribution in [0.3, 0.4) is 0 Å². The molecule has 0 unspecified atom stereocenters. The fourth-order valence-electron chi connectivity index (χ4n) is 1.55. The number of nitriles is 1. The molecule has 1 rings (SSSR count). The van der Waals surface area contributed by atoms with E-state index in [1.807, 2.05) is 18.2 Å². The molecule has 0 aliphatic heterocycles. The number of benzene rings is 1. The van der Waals surface area contributed by atoms with Crippen LogP contribution in [0.4, 0.5) is 0 Å². The van der Waals surface area contributed by atoms with Gasteiger partial charge < -0.3 is 14.8 Å². The predicted octanol–water partition coefficient (Wildman–Crippen LogP) is 2.21. The number of hydrogen-bond donors (Lipinski definition) is 1. The van der Waals surface area contributed by atoms with Crippen molar-refractivity contribution in [2.24, 2.45) is 0 Å². The first kappa shape index (κ1) is 14.1. The number of nitrogens with zero attached hydrogens (tertiary/aromatic N) is 1. The van der Waals surface area contributed by atoms with Crippen molar-refractivity contribution < 1.29 is 9.47 Å². The minimum absolute atomic E-state index is 0.562. The van der Waals surface area contributed by atoms with Crippen molar-refractivity contribution in [1.29, 1.82) is 5.26 Å². The molecule has 0 aliphatic rings. The van der Waals surface area contributed by atoms with Crippen LogP contribution >= 0.6 is 0 Å². The summed E-state index contributed by atoms with van der Waals surface area (Å²) in [5, 5.41) is 12.3. The molecule has 0 aromatic heterocycles. The third kappa shape index (κ3) is 4.48. The summed E-state index contributed by atoms with van der Waals surface area (Å²) < 4.78 is 10.1. The van der Waals surface area contributed by atoms with Gasteiger partial charge >= 0.3 is 0 Å². The molecular weight excluding hydrogens is 228 g/mol. The van der Waals surface area contributed by atoms with Gasteiger partial charge in [0.2, 0.25) is 0 Å². The molecule has 0 fully saturated rings. The third-order valence-corrected chi connectivity index (χ3v) is 2.45. The lowest BCUT2D eigenvalue weighted by Gasteiger charge is -2.07. The van der Waals surface area contributed by atoms with Crippen molar-refractivity contribution in [2.75, 3.05) is 20.3 Å². The average molecular weight is 246 g/mol. The summed E-state index contributed by atoms with van der Waals surface area (Å²) in [5.41, 5.74) is 1.63. The molecule has 0 radical (unpaired) electrons. The standard InChI is InChI=1S/C14H18N2O2/c1-3-18-8-4-7-16-11-12-5-6-14(17-2)13(9-12)10-15/h3,5-6,9,16H,1,4,7-8,11H2,2H3. The molecule has 96 valence electrons. The molecule has 1 aromatic rings. The average Bonchev–Trinajstić information content (AvgIpc) is 2.42. The highest BCUT2D eigenvalue weighted by molar-refractivity contribution is 5.45. The van der Waals surface area contributed by atoms with Crippen molar-refractivity contribution in [3.8, 4) is 11.8 Å². The SMILES string of the molecule is C=COCCCNCc1ccc(OC)c(C#N)c1. The Morgan fingerprint density at radius 3 is 3.00 bits per heavy atom. The predicted molar refractivity (Wildman–Crippen MR) is 70.2 cm³/mol. The first-order chi connectivity index (χ1) is 8.81. The molecule has 0 spiro atoms. The van der Waals surface area contributed by atoms with Crippen LogP contribution in [0.1, 0.15) is 17.5 Å². The lowest BCUT2D eigenvalue weighted by Crippen LogP contribution is -2.16. The molecule has 0 bridgehead atoms. The van der Waals surface area contributed by atoms with Crippen molar-refractivity contribution >= 4 is 0 Å². The first-order valence-corrected chi connectivity index (χ1v) is 5.82. The molecule has 0 saturated carbocycles. The zero-order valence-corrected chi connectivity index (χ0v) is 10.6. The van der Waals surface area contributed by atoms with Crippen LogP contribution in [0.25, 0.3) is 0 Å². The second-order valence-electron chi connectivity index (χ2n) is 3.71. The van der Waals surface area contributed by atoms with Gasteiger partial charge in [0.05, 0.1) is 25.5 Å². The summed E-state index contributed by atoms with van der Waals surface area (Å²) in [6, 6.07) is 7.73. The third-order valence-electron chi connectivity index (χ3n) is 2.45. The molecular formula is C14H18N2O2. The highest BCUT2D eigenvalue weighted by atomic mass is 16.5. The Labute approximate surface area is 108 Å². The van der Waals surface area contributed by atoms with Crippen LogP contribution in [0.15, 0.2) is 31.0 Å². The maximum absolute atomic E-state index is 8.97. The molecule has 0 amide bonds. The normalized spacial score (nSPS) is 9.56. The summed E-state index contributed by atoms with van der Waals surface area (Å²) in [4.78, 5) is 0. The van der Waals surface area contributed by atoms with E-state index in [9.17, 15) is 0 Å². The number of ether oxygens (including phenoxy) is 2. The molecule has 0 aliphatic carbocycles. The van der Waals surface area contributed by atoms with Gasteiger partial charge in [-0.2, -0.15) is 5.26 Å². The summed E-state index contributed by atoms with van der Waals surface area (Å²) in [6.45, 7) is 5.74. The Morgan fingerprint density at radius 2 is 2.33 bits per heavy atom. The highest BCUT2D eigenvalue weighted by Crippen LogP contribution is 2.18. The van der Waals surface area contributed by atoms with Crippen LogP contribution < -0.4 is 10.1 Å². The Bertz CT molecular complexity index is 424. The maximum atomic E-state index is 8.97. The number of rotatable bonds is 8. The monoisotopic (exact) mass is 246 g/mol. The smallest absolute Gasteiger partial charge is 0.136 e. The van der Waals surface area contributed by atoms with Gasteiger partial charge in [0.1, 0.15) is 11.8 Å². The molecule has 0 heterocycles. The summed E-state index contributed by atoms with van der Waals surface area (Å²) >= 11 is 0. The van der Waals surface area contributed by atoms with E-state index < -0.39 is 0 Å². The Hall–Kier alpha value is -1.99. The first-order valence-electron chi connectivity index (χ1n) is 5.82. The van der Waals surface area contributed by atoms with Crippen molar-refractivity contribution in [1.82, 2.24) is 5.32 Å². The quantitative estimate of drug-likeness (QED) is 0.564. The van der Waals surface area contributed by atoms with Gasteiger partial charge in [-0.15, -0.1) is 0 Å². The van der Waals surface area contributed by atoms with E-state index in [1.54, 1.807) is 7.11 Å². The molecule has 1 aromatic carbocycles. The molecule has 1 N–H and O–H groups in total. The van der Waals surface area contributed by atoms with E-state index in [2.05, 4.69) is 18.0 Å². The van der Waals surface area contributed by atoms with Crippen LogP contribution in [0.2, 0.25) is 0 Å². The van der Waals surface area contributed by atoms with E-state index in [-0.39, 0.29) is 0 Å². The largest absolute Gasteiger partial charge is 0.502 e. The van der Waals surface area contributed by atoms with Gasteiger partial charge in [-0.25, -0.2) is 0 Å². The van der Waals surface area contributed by atoms with Crippen LogP contribution in [0.5, 0.6) is 5.75 Å². The highest BCUT2D eigenvalue weighted by Gasteiger charge is 2.03. The minimum Gasteiger partial charge on any atom is -0.502 e. The van der Waals surface area contributed by atoms with E-state index in [0.717, 1.165) is 25.1 Å². The van der Waals surface area contributed by atoms with Gasteiger partial charge in [0.15, 0.2) is 0 Å². The lowest BCUT2D eigenvalue weighted by atomic mass is 10.1. The minimum atomic E-state index is 0.562. The topological polar surface area (TPSA) is 54.3 Å². The van der Waals surface area contributed by atoms with Crippen molar-refractivity contribution in [3.05, 3.63) is 42.2 Å². The van der Waals surface area contributed by atoms with Crippen molar-refractivity contribution in [2.45, 2.75) is 13.0 Å². The Morgan fingerprint density at radius 1 is 1.50 bits per heavy atom. The Balaban J connectivity index is 2.39. The Kier molecular flexibility index (Phi) is 6.37. The van der Waals surface area contributed by atoms with Gasteiger partial charge in [0, 0.05) is 6.54 Å². The number of nitrogens with one attached hydrogen (secondary N) is 1. The second kappa shape index (κ2) is 8.15. The van der Waals surface area contributed by atoms with E-state index in [0.29, 0.717) is 17.9 Å². The van der Waals surface area contributed by atoms with Crippen molar-refractivity contribution in [3.63, 3.8) is 0 Å². The molecule has 4 heteroatoms. The summed E-state index contributed by atoms with van der Waals surface area (Å²) in [7, 11) is 1.56. The second-order valence-corrected chi connectivity index (χ2v) is 3.71. The van der Waals surface area contributed by atoms with Crippen LogP contribution in [0, 0.1) is 11.3 Å². The van der Waals surface area contributed by atoms with E-state index in [4.69, 9.17) is 14.7 Å². The number of hydrogen-bond acceptors (Lipinski definition) is 4. The van der Waals surface area contributed by atoms with Gasteiger partial charge in [0.25, 0.3) is 0 Å². The zero-order valence-electron chi connectivity index (χ0n) is 10.6. The maximum Gasteiger partial charge on any atom is 0.136 e. The van der Waals surface area contributed by atoms with E-state index >= 15 is 0 Å². The molecule has 0 atom stereocenters. The molecule has 0 saturated heterocycles. The van der Waals surface area contributed by atoms with Gasteiger partial charge in [-0.05, 0) is 30.7 Å². The van der Waals surface area contributed by atoms with Crippen LogP contribution in [-0.4, -0.2) is 20.3 Å². The summed E-state index contributed by atoms with van der Waals surface area (Å²) in [5.74, 6) is 0.612. The fraction of sp³-hybridized carbons (Fsp3) is 0.357. The van der Waals surface area contributed by atoms with Gasteiger partial charge in [-0.3, -0.25) is 0 Å².